The van der Waals surface area contributed by atoms with Crippen molar-refractivity contribution in [2.24, 2.45) is 4.99 Å². The Hall–Kier alpha value is -1.41. The Labute approximate surface area is 111 Å². The molecule has 0 radical (unpaired) electrons. The molecule has 0 aromatic rings. The zero-order valence-corrected chi connectivity index (χ0v) is 12.1. The molecule has 2 nitrogen and oxygen atoms in total. The molecule has 100 valence electrons. The van der Waals surface area contributed by atoms with Crippen molar-refractivity contribution in [3.05, 3.63) is 48.2 Å². The Morgan fingerprint density at radius 1 is 1.28 bits per heavy atom. The predicted molar refractivity (Wildman–Crippen MR) is 81.1 cm³/mol. The van der Waals surface area contributed by atoms with E-state index in [9.17, 15) is 0 Å². The molecule has 0 heterocycles. The van der Waals surface area contributed by atoms with Gasteiger partial charge in [0.05, 0.1) is 6.61 Å². The molecule has 0 unspecified atom stereocenters. The summed E-state index contributed by atoms with van der Waals surface area (Å²) in [6.07, 6.45) is 6.69. The smallest absolute Gasteiger partial charge is 0.0656 e. The molecule has 0 aliphatic carbocycles. The van der Waals surface area contributed by atoms with Crippen molar-refractivity contribution >= 4 is 5.71 Å². The highest BCUT2D eigenvalue weighted by molar-refractivity contribution is 5.97. The van der Waals surface area contributed by atoms with Gasteiger partial charge in [0.1, 0.15) is 0 Å². The fraction of sp³-hybridized carbons (Fsp3) is 0.438. The van der Waals surface area contributed by atoms with Crippen LogP contribution in [0, 0.1) is 0 Å². The largest absolute Gasteiger partial charge is 0.378 e. The Morgan fingerprint density at radius 3 is 2.39 bits per heavy atom. The van der Waals surface area contributed by atoms with E-state index in [1.54, 1.807) is 0 Å². The van der Waals surface area contributed by atoms with Crippen molar-refractivity contribution in [3.63, 3.8) is 0 Å². The lowest BCUT2D eigenvalue weighted by atomic mass is 10.0. The molecule has 0 bridgehead atoms. The van der Waals surface area contributed by atoms with Gasteiger partial charge in [0, 0.05) is 18.5 Å². The number of hydrogen-bond acceptors (Lipinski definition) is 2. The normalized spacial score (nSPS) is 13.7. The zero-order valence-electron chi connectivity index (χ0n) is 12.1. The van der Waals surface area contributed by atoms with E-state index < -0.39 is 0 Å². The highest BCUT2D eigenvalue weighted by Crippen LogP contribution is 2.15. The fourth-order valence-corrected chi connectivity index (χ4v) is 1.27. The molecule has 0 amide bonds. The summed E-state index contributed by atoms with van der Waals surface area (Å²) < 4.78 is 5.32. The van der Waals surface area contributed by atoms with Gasteiger partial charge < -0.3 is 4.74 Å². The van der Waals surface area contributed by atoms with Gasteiger partial charge in [0.15, 0.2) is 0 Å². The van der Waals surface area contributed by atoms with Crippen LogP contribution in [0.1, 0.15) is 34.1 Å². The first-order chi connectivity index (χ1) is 8.56. The van der Waals surface area contributed by atoms with Crippen molar-refractivity contribution in [2.45, 2.75) is 34.1 Å². The van der Waals surface area contributed by atoms with E-state index in [0.717, 1.165) is 35.5 Å². The van der Waals surface area contributed by atoms with Gasteiger partial charge in [0.2, 0.25) is 0 Å². The maximum absolute atomic E-state index is 5.32. The second-order valence-corrected chi connectivity index (χ2v) is 4.03. The molecule has 0 spiro atoms. The summed E-state index contributed by atoms with van der Waals surface area (Å²) in [5.74, 6) is 0. The maximum atomic E-state index is 5.32. The first kappa shape index (κ1) is 16.6. The average Bonchev–Trinajstić information content (AvgIpc) is 2.36. The van der Waals surface area contributed by atoms with E-state index in [0.29, 0.717) is 6.61 Å². The minimum Gasteiger partial charge on any atom is -0.378 e. The first-order valence-electron chi connectivity index (χ1n) is 6.36. The number of rotatable bonds is 8. The summed E-state index contributed by atoms with van der Waals surface area (Å²) in [4.78, 5) is 4.42. The second-order valence-electron chi connectivity index (χ2n) is 4.03. The Kier molecular flexibility index (Phi) is 8.85. The van der Waals surface area contributed by atoms with Crippen LogP contribution in [0.3, 0.4) is 0 Å². The minimum atomic E-state index is 0.609. The number of hydrogen-bond donors (Lipinski definition) is 0. The molecule has 0 aliphatic heterocycles. The minimum absolute atomic E-state index is 0.609. The summed E-state index contributed by atoms with van der Waals surface area (Å²) in [6, 6.07) is 0. The molecule has 0 atom stereocenters. The van der Waals surface area contributed by atoms with E-state index in [2.05, 4.69) is 25.1 Å². The molecule has 0 fully saturated rings. The van der Waals surface area contributed by atoms with E-state index in [1.165, 1.54) is 0 Å². The highest BCUT2D eigenvalue weighted by Gasteiger charge is 1.99. The molecular formula is C16H25NO. The van der Waals surface area contributed by atoms with Gasteiger partial charge in [-0.3, -0.25) is 4.99 Å². The van der Waals surface area contributed by atoms with Crippen molar-refractivity contribution in [3.8, 4) is 0 Å². The monoisotopic (exact) mass is 247 g/mol. The highest BCUT2D eigenvalue weighted by atomic mass is 16.5. The lowest BCUT2D eigenvalue weighted by Gasteiger charge is -2.06. The van der Waals surface area contributed by atoms with Crippen LogP contribution in [-0.2, 0) is 4.74 Å². The summed E-state index contributed by atoms with van der Waals surface area (Å²) in [7, 11) is 0. The fourth-order valence-electron chi connectivity index (χ4n) is 1.27. The quantitative estimate of drug-likeness (QED) is 0.352. The molecule has 0 saturated carbocycles. The molecule has 0 aromatic heterocycles. The van der Waals surface area contributed by atoms with Crippen LogP contribution >= 0.6 is 0 Å². The predicted octanol–water partition coefficient (Wildman–Crippen LogP) is 4.47. The Morgan fingerprint density at radius 2 is 1.94 bits per heavy atom. The zero-order chi connectivity index (χ0) is 14.0. The third kappa shape index (κ3) is 6.36. The van der Waals surface area contributed by atoms with Gasteiger partial charge in [-0.2, -0.15) is 0 Å². The van der Waals surface area contributed by atoms with Crippen molar-refractivity contribution in [2.75, 3.05) is 13.2 Å². The van der Waals surface area contributed by atoms with Gasteiger partial charge in [-0.15, -0.1) is 0 Å². The molecule has 0 saturated heterocycles. The van der Waals surface area contributed by atoms with E-state index in [4.69, 9.17) is 4.74 Å². The Bertz CT molecular complexity index is 373. The van der Waals surface area contributed by atoms with Gasteiger partial charge in [-0.1, -0.05) is 32.2 Å². The lowest BCUT2D eigenvalue weighted by molar-refractivity contribution is 0.177. The Balaban J connectivity index is 4.97. The molecule has 0 N–H and O–H groups in total. The second kappa shape index (κ2) is 9.60. The van der Waals surface area contributed by atoms with Gasteiger partial charge in [-0.05, 0) is 43.9 Å². The van der Waals surface area contributed by atoms with Crippen molar-refractivity contribution < 1.29 is 4.74 Å². The maximum Gasteiger partial charge on any atom is 0.0656 e. The molecule has 0 rings (SSSR count). The summed E-state index contributed by atoms with van der Waals surface area (Å²) in [5.41, 5.74) is 4.18. The average molecular weight is 247 g/mol. The summed E-state index contributed by atoms with van der Waals surface area (Å²) in [6.45, 7) is 17.0. The lowest BCUT2D eigenvalue weighted by Crippen LogP contribution is -1.94. The van der Waals surface area contributed by atoms with Crippen molar-refractivity contribution in [1.29, 1.82) is 0 Å². The standard InChI is InChI=1S/C16H25NO/c1-7-15(10-11-18-9-3)16(8-2)12-17-14(6)13(4)5/h7,10,12H,1,4,8-9,11H2,2-3,5-6H3/b15-10+,16-12+,17-14?. The van der Waals surface area contributed by atoms with E-state index in [1.807, 2.05) is 39.1 Å². The van der Waals surface area contributed by atoms with Crippen LogP contribution in [-0.4, -0.2) is 18.9 Å². The van der Waals surface area contributed by atoms with Crippen LogP contribution in [0.15, 0.2) is 53.2 Å². The van der Waals surface area contributed by atoms with Crippen LogP contribution in [0.2, 0.25) is 0 Å². The van der Waals surface area contributed by atoms with Crippen LogP contribution in [0.4, 0.5) is 0 Å². The van der Waals surface area contributed by atoms with Gasteiger partial charge >= 0.3 is 0 Å². The molecule has 0 aromatic carbocycles. The SMILES string of the molecule is C=CC(=C\COCC)/C(=C/N=C(C)C(=C)C)CC. The molecule has 0 aliphatic rings. The molecular weight excluding hydrogens is 222 g/mol. The van der Waals surface area contributed by atoms with E-state index in [-0.39, 0.29) is 0 Å². The van der Waals surface area contributed by atoms with Crippen molar-refractivity contribution in [1.82, 2.24) is 0 Å². The topological polar surface area (TPSA) is 21.6 Å². The van der Waals surface area contributed by atoms with E-state index >= 15 is 0 Å². The van der Waals surface area contributed by atoms with Crippen LogP contribution in [0.25, 0.3) is 0 Å². The number of nitrogens with zero attached hydrogens (tertiary/aromatic N) is 1. The van der Waals surface area contributed by atoms with Gasteiger partial charge in [-0.25, -0.2) is 0 Å². The summed E-state index contributed by atoms with van der Waals surface area (Å²) in [5, 5.41) is 0. The number of allylic oxidation sites excluding steroid dienone is 4. The first-order valence-corrected chi connectivity index (χ1v) is 6.36. The number of aliphatic imine (C=N–C) groups is 1. The summed E-state index contributed by atoms with van der Waals surface area (Å²) >= 11 is 0. The molecule has 18 heavy (non-hydrogen) atoms. The van der Waals surface area contributed by atoms with Crippen LogP contribution < -0.4 is 0 Å². The third-order valence-corrected chi connectivity index (χ3v) is 2.63. The van der Waals surface area contributed by atoms with Crippen LogP contribution in [0.5, 0.6) is 0 Å². The number of ether oxygens (including phenoxy) is 1. The third-order valence-electron chi connectivity index (χ3n) is 2.63. The molecule has 2 heteroatoms. The van der Waals surface area contributed by atoms with Gasteiger partial charge in [0.25, 0.3) is 0 Å².